The minimum absolute atomic E-state index is 0.0103. The number of carbonyl (C=O) groups is 1. The maximum atomic E-state index is 11.3. The van der Waals surface area contributed by atoms with E-state index in [9.17, 15) is 15.0 Å². The van der Waals surface area contributed by atoms with Crippen LogP contribution in [0.25, 0.3) is 0 Å². The van der Waals surface area contributed by atoms with Crippen molar-refractivity contribution in [3.05, 3.63) is 0 Å². The van der Waals surface area contributed by atoms with Gasteiger partial charge in [-0.25, -0.2) is 0 Å². The van der Waals surface area contributed by atoms with Gasteiger partial charge >= 0.3 is 5.97 Å². The van der Waals surface area contributed by atoms with Crippen molar-refractivity contribution in [1.29, 1.82) is 0 Å². The number of hydrogen-bond donors (Lipinski definition) is 2. The van der Waals surface area contributed by atoms with E-state index in [0.717, 1.165) is 12.8 Å². The lowest BCUT2D eigenvalue weighted by molar-refractivity contribution is -0.203. The molecule has 0 radical (unpaired) electrons. The Kier molecular flexibility index (Phi) is 2.33. The maximum Gasteiger partial charge on any atom is 0.306 e. The van der Waals surface area contributed by atoms with Crippen LogP contribution >= 0.6 is 0 Å². The van der Waals surface area contributed by atoms with Crippen molar-refractivity contribution in [2.45, 2.75) is 50.7 Å². The van der Waals surface area contributed by atoms with E-state index in [4.69, 9.17) is 4.74 Å². The highest BCUT2D eigenvalue weighted by Gasteiger charge is 2.64. The summed E-state index contributed by atoms with van der Waals surface area (Å²) in [7, 11) is 0. The third kappa shape index (κ3) is 1.34. The SMILES string of the molecule is C[C@@]12CC[C@@H]3CC(=O)OC[C@H]3[C@]1(O)CC[C@H]2O. The van der Waals surface area contributed by atoms with Gasteiger partial charge in [0.05, 0.1) is 18.3 Å². The molecule has 3 fully saturated rings. The topological polar surface area (TPSA) is 66.8 Å². The first-order chi connectivity index (χ1) is 7.97. The molecule has 3 rings (SSSR count). The number of ether oxygens (including phenoxy) is 1. The fourth-order valence-corrected chi connectivity index (χ4v) is 4.29. The number of carbonyl (C=O) groups excluding carboxylic acids is 1. The van der Waals surface area contributed by atoms with E-state index in [1.807, 2.05) is 6.92 Å². The van der Waals surface area contributed by atoms with Gasteiger partial charge in [0, 0.05) is 17.8 Å². The number of hydrogen-bond acceptors (Lipinski definition) is 4. The molecule has 2 N–H and O–H groups in total. The number of aliphatic hydroxyl groups is 2. The minimum atomic E-state index is -0.851. The third-order valence-electron chi connectivity index (χ3n) is 5.59. The van der Waals surface area contributed by atoms with Gasteiger partial charge in [-0.2, -0.15) is 0 Å². The number of fused-ring (bicyclic) bond motifs is 3. The van der Waals surface area contributed by atoms with E-state index in [-0.39, 0.29) is 17.8 Å². The Labute approximate surface area is 101 Å². The first-order valence-corrected chi connectivity index (χ1v) is 6.53. The number of esters is 1. The predicted octanol–water partition coefficient (Wildman–Crippen LogP) is 0.852. The van der Waals surface area contributed by atoms with Crippen molar-refractivity contribution < 1.29 is 19.7 Å². The summed E-state index contributed by atoms with van der Waals surface area (Å²) >= 11 is 0. The molecule has 17 heavy (non-hydrogen) atoms. The van der Waals surface area contributed by atoms with Crippen molar-refractivity contribution in [3.63, 3.8) is 0 Å². The molecular formula is C13H20O4. The molecule has 2 saturated carbocycles. The molecule has 1 aliphatic heterocycles. The fraction of sp³-hybridized carbons (Fsp3) is 0.923. The standard InChI is InChI=1S/C13H20O4/c1-12-4-2-8-6-11(15)17-7-9(8)13(12,16)5-3-10(12)14/h8-10,14,16H,2-7H2,1H3/t8-,9-,10-,12+,13-/m1/s1. The lowest BCUT2D eigenvalue weighted by Crippen LogP contribution is -2.60. The Hall–Kier alpha value is -0.610. The Bertz CT molecular complexity index is 355. The van der Waals surface area contributed by atoms with Crippen molar-refractivity contribution in [1.82, 2.24) is 0 Å². The quantitative estimate of drug-likeness (QED) is 0.616. The monoisotopic (exact) mass is 240 g/mol. The second kappa shape index (κ2) is 3.45. The van der Waals surface area contributed by atoms with Gasteiger partial charge in [-0.1, -0.05) is 6.92 Å². The summed E-state index contributed by atoms with van der Waals surface area (Å²) in [6, 6.07) is 0. The molecule has 96 valence electrons. The van der Waals surface area contributed by atoms with Crippen LogP contribution in [-0.2, 0) is 9.53 Å². The van der Waals surface area contributed by atoms with Gasteiger partial charge < -0.3 is 14.9 Å². The molecule has 1 saturated heterocycles. The van der Waals surface area contributed by atoms with E-state index >= 15 is 0 Å². The summed E-state index contributed by atoms with van der Waals surface area (Å²) in [6.07, 6.45) is 3.01. The average Bonchev–Trinajstić information content (AvgIpc) is 2.53. The largest absolute Gasteiger partial charge is 0.465 e. The molecule has 0 amide bonds. The summed E-state index contributed by atoms with van der Waals surface area (Å²) in [5.74, 6) is 0.104. The van der Waals surface area contributed by atoms with Gasteiger partial charge in [-0.3, -0.25) is 4.79 Å². The zero-order chi connectivity index (χ0) is 12.3. The van der Waals surface area contributed by atoms with Crippen LogP contribution in [0, 0.1) is 17.3 Å². The molecule has 2 aliphatic carbocycles. The Morgan fingerprint density at radius 3 is 2.88 bits per heavy atom. The first-order valence-electron chi connectivity index (χ1n) is 6.53. The normalized spacial score (nSPS) is 53.8. The molecule has 0 bridgehead atoms. The highest BCUT2D eigenvalue weighted by atomic mass is 16.5. The lowest BCUT2D eigenvalue weighted by atomic mass is 9.56. The third-order valence-corrected chi connectivity index (χ3v) is 5.59. The van der Waals surface area contributed by atoms with Crippen molar-refractivity contribution in [2.24, 2.45) is 17.3 Å². The smallest absolute Gasteiger partial charge is 0.306 e. The molecule has 3 aliphatic rings. The molecule has 0 unspecified atom stereocenters. The van der Waals surface area contributed by atoms with Crippen molar-refractivity contribution >= 4 is 5.97 Å². The van der Waals surface area contributed by atoms with Crippen LogP contribution in [0.4, 0.5) is 0 Å². The molecule has 0 aromatic rings. The van der Waals surface area contributed by atoms with E-state index in [2.05, 4.69) is 0 Å². The fourth-order valence-electron chi connectivity index (χ4n) is 4.29. The minimum Gasteiger partial charge on any atom is -0.465 e. The van der Waals surface area contributed by atoms with Crippen molar-refractivity contribution in [2.75, 3.05) is 6.61 Å². The molecule has 0 spiro atoms. The van der Waals surface area contributed by atoms with Crippen LogP contribution in [-0.4, -0.2) is 34.5 Å². The second-order valence-electron chi connectivity index (χ2n) is 6.19. The lowest BCUT2D eigenvalue weighted by Gasteiger charge is -2.54. The Morgan fingerprint density at radius 2 is 2.12 bits per heavy atom. The van der Waals surface area contributed by atoms with E-state index < -0.39 is 17.1 Å². The average molecular weight is 240 g/mol. The van der Waals surface area contributed by atoms with Gasteiger partial charge in [0.25, 0.3) is 0 Å². The summed E-state index contributed by atoms with van der Waals surface area (Å²) in [4.78, 5) is 11.3. The van der Waals surface area contributed by atoms with Crippen LogP contribution in [0.2, 0.25) is 0 Å². The molecular weight excluding hydrogens is 220 g/mol. The van der Waals surface area contributed by atoms with Crippen LogP contribution in [0.1, 0.15) is 39.0 Å². The zero-order valence-corrected chi connectivity index (χ0v) is 10.2. The number of aliphatic hydroxyl groups excluding tert-OH is 1. The molecule has 5 atom stereocenters. The molecule has 0 aromatic carbocycles. The molecule has 4 nitrogen and oxygen atoms in total. The Morgan fingerprint density at radius 1 is 1.35 bits per heavy atom. The van der Waals surface area contributed by atoms with Gasteiger partial charge in [0.1, 0.15) is 0 Å². The maximum absolute atomic E-state index is 11.3. The number of rotatable bonds is 0. The first kappa shape index (κ1) is 11.5. The Balaban J connectivity index is 1.94. The summed E-state index contributed by atoms with van der Waals surface area (Å²) in [5, 5.41) is 21.1. The van der Waals surface area contributed by atoms with Gasteiger partial charge in [0.2, 0.25) is 0 Å². The summed E-state index contributed by atoms with van der Waals surface area (Å²) in [5.41, 5.74) is -1.27. The van der Waals surface area contributed by atoms with E-state index in [0.29, 0.717) is 25.9 Å². The summed E-state index contributed by atoms with van der Waals surface area (Å²) in [6.45, 7) is 2.31. The molecule has 4 heteroatoms. The van der Waals surface area contributed by atoms with Crippen LogP contribution < -0.4 is 0 Å². The second-order valence-corrected chi connectivity index (χ2v) is 6.19. The number of cyclic esters (lactones) is 1. The van der Waals surface area contributed by atoms with Gasteiger partial charge in [0.15, 0.2) is 0 Å². The molecule has 0 aromatic heterocycles. The predicted molar refractivity (Wildman–Crippen MR) is 60.1 cm³/mol. The van der Waals surface area contributed by atoms with Crippen LogP contribution in [0.5, 0.6) is 0 Å². The highest BCUT2D eigenvalue weighted by Crippen LogP contribution is 2.59. The summed E-state index contributed by atoms with van der Waals surface area (Å²) < 4.78 is 5.12. The van der Waals surface area contributed by atoms with Gasteiger partial charge in [-0.15, -0.1) is 0 Å². The van der Waals surface area contributed by atoms with E-state index in [1.54, 1.807) is 0 Å². The molecule has 1 heterocycles. The van der Waals surface area contributed by atoms with Crippen LogP contribution in [0.3, 0.4) is 0 Å². The highest BCUT2D eigenvalue weighted by molar-refractivity contribution is 5.70. The van der Waals surface area contributed by atoms with Crippen molar-refractivity contribution in [3.8, 4) is 0 Å². The zero-order valence-electron chi connectivity index (χ0n) is 10.2. The van der Waals surface area contributed by atoms with Crippen LogP contribution in [0.15, 0.2) is 0 Å². The van der Waals surface area contributed by atoms with Gasteiger partial charge in [-0.05, 0) is 31.6 Å². The van der Waals surface area contributed by atoms with E-state index in [1.165, 1.54) is 0 Å².